The second kappa shape index (κ2) is 9.55. The fraction of sp³-hybridized carbons (Fsp3) is 0.895. The van der Waals surface area contributed by atoms with Crippen LogP contribution >= 0.6 is 0 Å². The van der Waals surface area contributed by atoms with Gasteiger partial charge in [0, 0.05) is 13.0 Å². The monoisotopic (exact) mass is 373 g/mol. The van der Waals surface area contributed by atoms with Crippen LogP contribution in [0.2, 0.25) is 0 Å². The van der Waals surface area contributed by atoms with Gasteiger partial charge >= 0.3 is 12.1 Å². The molecule has 0 heterocycles. The minimum atomic E-state index is -0.540. The molecule has 1 aliphatic carbocycles. The number of hydrogen-bond donors (Lipinski definition) is 3. The fourth-order valence-corrected chi connectivity index (χ4v) is 4.22. The number of ether oxygens (including phenoxy) is 2. The van der Waals surface area contributed by atoms with Gasteiger partial charge in [0.25, 0.3) is 0 Å². The highest BCUT2D eigenvalue weighted by atomic mass is 16.6. The first kappa shape index (κ1) is 22.7. The van der Waals surface area contributed by atoms with Gasteiger partial charge in [-0.25, -0.2) is 4.79 Å². The van der Waals surface area contributed by atoms with Crippen molar-refractivity contribution >= 4 is 12.1 Å². The lowest BCUT2D eigenvalue weighted by atomic mass is 9.60. The molecule has 0 aromatic carbocycles. The Morgan fingerprint density at radius 2 is 1.65 bits per heavy atom. The van der Waals surface area contributed by atoms with Gasteiger partial charge in [-0.2, -0.15) is 0 Å². The lowest BCUT2D eigenvalue weighted by molar-refractivity contribution is -0.152. The Labute approximate surface area is 156 Å². The van der Waals surface area contributed by atoms with E-state index >= 15 is 0 Å². The van der Waals surface area contributed by atoms with E-state index in [1.54, 1.807) is 13.8 Å². The van der Waals surface area contributed by atoms with Crippen LogP contribution in [0.25, 0.3) is 0 Å². The number of carbonyl (C=O) groups is 2. The van der Waals surface area contributed by atoms with Crippen molar-refractivity contribution in [3.8, 4) is 0 Å². The highest BCUT2D eigenvalue weighted by Gasteiger charge is 2.42. The van der Waals surface area contributed by atoms with Gasteiger partial charge in [0.2, 0.25) is 0 Å². The maximum absolute atomic E-state index is 12.1. The van der Waals surface area contributed by atoms with E-state index in [2.05, 4.69) is 26.1 Å². The van der Waals surface area contributed by atoms with Crippen LogP contribution in [0, 0.1) is 16.7 Å². The summed E-state index contributed by atoms with van der Waals surface area (Å²) in [5, 5.41) is 20.8. The highest BCUT2D eigenvalue weighted by molar-refractivity contribution is 5.70. The molecule has 1 amide bonds. The van der Waals surface area contributed by atoms with E-state index in [9.17, 15) is 9.59 Å². The minimum Gasteiger partial charge on any atom is -0.460 e. The zero-order valence-corrected chi connectivity index (χ0v) is 16.7. The van der Waals surface area contributed by atoms with Gasteiger partial charge in [-0.1, -0.05) is 20.8 Å². The van der Waals surface area contributed by atoms with Crippen LogP contribution in [0.15, 0.2) is 0 Å². The third-order valence-corrected chi connectivity index (χ3v) is 4.80. The van der Waals surface area contributed by atoms with Gasteiger partial charge in [0.1, 0.15) is 12.2 Å². The number of amides is 1. The quantitative estimate of drug-likeness (QED) is 0.564. The Bertz CT molecular complexity index is 481. The third-order valence-electron chi connectivity index (χ3n) is 4.80. The molecule has 4 atom stereocenters. The van der Waals surface area contributed by atoms with Crippen molar-refractivity contribution in [3.63, 3.8) is 0 Å². The van der Waals surface area contributed by atoms with E-state index in [0.29, 0.717) is 13.0 Å². The topological polar surface area (TPSA) is 105 Å². The molecule has 4 unspecified atom stereocenters. The summed E-state index contributed by atoms with van der Waals surface area (Å²) in [7, 11) is 0. The summed E-state index contributed by atoms with van der Waals surface area (Å²) in [5.74, 6) is -0.128. The number of nitrogens with one attached hydrogen (secondary N) is 1. The average Bonchev–Trinajstić information content (AvgIpc) is 2.50. The normalized spacial score (nSPS) is 27.3. The van der Waals surface area contributed by atoms with E-state index in [-0.39, 0.29) is 35.9 Å². The first-order chi connectivity index (χ1) is 12.0. The summed E-state index contributed by atoms with van der Waals surface area (Å²) in [5.41, 5.74) is -0.110. The predicted octanol–water partition coefficient (Wildman–Crippen LogP) is 2.24. The number of aliphatic hydroxyl groups is 2. The molecule has 1 aliphatic rings. The van der Waals surface area contributed by atoms with E-state index < -0.39 is 18.3 Å². The Morgan fingerprint density at radius 1 is 1.08 bits per heavy atom. The van der Waals surface area contributed by atoms with Crippen molar-refractivity contribution in [1.82, 2.24) is 5.32 Å². The maximum atomic E-state index is 12.1. The average molecular weight is 373 g/mol. The SMILES string of the molecule is CC(CO)OC(=O)CC1CC(C)(C)CC(C)(CNC(=O)OC(C)CO)C1. The summed E-state index contributed by atoms with van der Waals surface area (Å²) in [4.78, 5) is 23.9. The molecule has 0 aromatic heterocycles. The molecule has 26 heavy (non-hydrogen) atoms. The van der Waals surface area contributed by atoms with Gasteiger partial charge in [-0.3, -0.25) is 4.79 Å². The molecular formula is C19H35NO6. The number of alkyl carbamates (subject to hydrolysis) is 1. The Morgan fingerprint density at radius 3 is 2.23 bits per heavy atom. The fourth-order valence-electron chi connectivity index (χ4n) is 4.22. The number of hydrogen-bond acceptors (Lipinski definition) is 6. The molecule has 7 nitrogen and oxygen atoms in total. The molecule has 3 N–H and O–H groups in total. The lowest BCUT2D eigenvalue weighted by Gasteiger charge is -2.46. The van der Waals surface area contributed by atoms with Gasteiger partial charge < -0.3 is 25.0 Å². The van der Waals surface area contributed by atoms with E-state index in [1.807, 2.05) is 0 Å². The molecule has 1 rings (SSSR count). The van der Waals surface area contributed by atoms with Gasteiger partial charge in [0.15, 0.2) is 0 Å². The van der Waals surface area contributed by atoms with Crippen LogP contribution in [-0.2, 0) is 14.3 Å². The van der Waals surface area contributed by atoms with E-state index in [1.165, 1.54) is 0 Å². The summed E-state index contributed by atoms with van der Waals surface area (Å²) in [6, 6.07) is 0. The largest absolute Gasteiger partial charge is 0.460 e. The first-order valence-electron chi connectivity index (χ1n) is 9.34. The van der Waals surface area contributed by atoms with Crippen molar-refractivity contribution in [3.05, 3.63) is 0 Å². The van der Waals surface area contributed by atoms with Crippen molar-refractivity contribution < 1.29 is 29.3 Å². The highest BCUT2D eigenvalue weighted by Crippen LogP contribution is 2.49. The summed E-state index contributed by atoms with van der Waals surface area (Å²) in [6.07, 6.45) is 1.39. The van der Waals surface area contributed by atoms with Crippen molar-refractivity contribution in [2.45, 2.75) is 72.5 Å². The molecule has 0 radical (unpaired) electrons. The zero-order chi connectivity index (χ0) is 20.0. The minimum absolute atomic E-state index is 0.0461. The Kier molecular flexibility index (Phi) is 8.34. The summed E-state index contributed by atoms with van der Waals surface area (Å²) < 4.78 is 10.2. The summed E-state index contributed by atoms with van der Waals surface area (Å²) in [6.45, 7) is 9.79. The van der Waals surface area contributed by atoms with Crippen LogP contribution in [0.1, 0.15) is 60.3 Å². The lowest BCUT2D eigenvalue weighted by Crippen LogP contribution is -2.44. The third kappa shape index (κ3) is 7.91. The van der Waals surface area contributed by atoms with Crippen LogP contribution < -0.4 is 5.32 Å². The first-order valence-corrected chi connectivity index (χ1v) is 9.34. The summed E-state index contributed by atoms with van der Waals surface area (Å²) >= 11 is 0. The molecule has 1 saturated carbocycles. The molecule has 1 fully saturated rings. The van der Waals surface area contributed by atoms with E-state index in [0.717, 1.165) is 19.3 Å². The van der Waals surface area contributed by atoms with Crippen LogP contribution in [0.3, 0.4) is 0 Å². The number of carbonyl (C=O) groups excluding carboxylic acids is 2. The van der Waals surface area contributed by atoms with Crippen molar-refractivity contribution in [2.75, 3.05) is 19.8 Å². The zero-order valence-electron chi connectivity index (χ0n) is 16.7. The maximum Gasteiger partial charge on any atom is 0.407 e. The second-order valence-electron chi connectivity index (χ2n) is 8.87. The molecule has 0 saturated heterocycles. The van der Waals surface area contributed by atoms with E-state index in [4.69, 9.17) is 19.7 Å². The smallest absolute Gasteiger partial charge is 0.407 e. The predicted molar refractivity (Wildman–Crippen MR) is 97.5 cm³/mol. The number of esters is 1. The molecular weight excluding hydrogens is 338 g/mol. The Balaban J connectivity index is 2.64. The second-order valence-corrected chi connectivity index (χ2v) is 8.87. The molecule has 0 aliphatic heterocycles. The molecule has 152 valence electrons. The molecule has 7 heteroatoms. The van der Waals surface area contributed by atoms with Crippen molar-refractivity contribution in [2.24, 2.45) is 16.7 Å². The number of rotatable bonds is 8. The van der Waals surface area contributed by atoms with Gasteiger partial charge in [-0.15, -0.1) is 0 Å². The Hall–Kier alpha value is -1.34. The van der Waals surface area contributed by atoms with Crippen LogP contribution in [0.4, 0.5) is 4.79 Å². The van der Waals surface area contributed by atoms with Crippen LogP contribution in [-0.4, -0.2) is 54.2 Å². The number of aliphatic hydroxyl groups excluding tert-OH is 2. The van der Waals surface area contributed by atoms with Crippen molar-refractivity contribution in [1.29, 1.82) is 0 Å². The standard InChI is InChI=1S/C19H35NO6/c1-13(9-21)25-16(23)6-15-7-18(3,4)11-19(5,8-15)12-20-17(24)26-14(2)10-22/h13-15,21-22H,6-12H2,1-5H3,(H,20,24). The van der Waals surface area contributed by atoms with Gasteiger partial charge in [-0.05, 0) is 49.9 Å². The van der Waals surface area contributed by atoms with Crippen LogP contribution in [0.5, 0.6) is 0 Å². The van der Waals surface area contributed by atoms with Gasteiger partial charge in [0.05, 0.1) is 13.2 Å². The molecule has 0 spiro atoms. The molecule has 0 aromatic rings. The molecule has 0 bridgehead atoms.